The van der Waals surface area contributed by atoms with E-state index in [1.165, 1.54) is 90.9 Å². The molecule has 0 spiro atoms. The second-order valence-electron chi connectivity index (χ2n) is 26.3. The molecule has 10 nitrogen and oxygen atoms in total. The smallest absolute Gasteiger partial charge is 0.155 e. The number of fused-ring (bicyclic) bond motifs is 2. The molecule has 0 bridgehead atoms. The van der Waals surface area contributed by atoms with Crippen molar-refractivity contribution in [3.05, 3.63) is 421 Å². The summed E-state index contributed by atoms with van der Waals surface area (Å²) in [4.78, 5) is 46.6. The van der Waals surface area contributed by atoms with E-state index in [9.17, 15) is 18.4 Å². The van der Waals surface area contributed by atoms with Crippen LogP contribution in [-0.4, -0.2) is 51.7 Å². The third kappa shape index (κ3) is 31.2. The minimum Gasteiger partial charge on any atom is -0.512 e. The van der Waals surface area contributed by atoms with Crippen molar-refractivity contribution < 1.29 is 109 Å². The number of aryl methyl sites for hydroxylation is 6. The van der Waals surface area contributed by atoms with Crippen molar-refractivity contribution in [1.82, 2.24) is 29.9 Å². The number of carbonyl (C=O) groups excluding carboxylic acids is 2. The van der Waals surface area contributed by atoms with E-state index in [-0.39, 0.29) is 115 Å². The second kappa shape index (κ2) is 50.9. The summed E-state index contributed by atoms with van der Waals surface area (Å²) in [5.41, 5.74) is 23.1. The molecule has 0 saturated heterocycles. The molecule has 0 atom stereocenters. The molecular formula is C102H86F2Ir4N6O4-6. The van der Waals surface area contributed by atoms with Crippen LogP contribution in [0.2, 0.25) is 0 Å². The number of benzene rings is 10. The first-order valence-electron chi connectivity index (χ1n) is 36.8. The number of hydrogen-bond donors (Lipinski definition) is 2. The number of aromatic nitrogens is 6. The molecule has 118 heavy (non-hydrogen) atoms. The molecule has 4 radical (unpaired) electrons. The van der Waals surface area contributed by atoms with Gasteiger partial charge in [0.05, 0.1) is 17.0 Å². The first-order chi connectivity index (χ1) is 55.2. The SMILES string of the molecule is CC(=O)C=C(C)O.CC(=O)C=C(C)O.Cc1[c-]c(-c2ccc3cc(F)c(C)cc3n2)cc(C)c1.Cc1cc(-c2[c-]cccc2)ncc1-c1ccccc1.Cc1cc(-c2[c-]cccc2)ncc1-c1ccccc1.Cc1cc(-c2nccc3ccccc23)[c-]cc1F.[Ir].[Ir].[Ir].[Ir].[c-]1ccccc1-c1ccccn1.[c-]1ccccc1-c1ccccn1. The zero-order valence-corrected chi connectivity index (χ0v) is 76.2. The number of pyridine rings is 6. The quantitative estimate of drug-likeness (QED) is 0.0769. The summed E-state index contributed by atoms with van der Waals surface area (Å²) < 4.78 is 26.8. The Morgan fingerprint density at radius 2 is 0.797 bits per heavy atom. The van der Waals surface area contributed by atoms with Gasteiger partial charge in [-0.15, -0.1) is 202 Å². The minimum atomic E-state index is -0.237. The molecule has 16 aromatic rings. The summed E-state index contributed by atoms with van der Waals surface area (Å²) >= 11 is 0. The van der Waals surface area contributed by atoms with Gasteiger partial charge >= 0.3 is 0 Å². The van der Waals surface area contributed by atoms with Gasteiger partial charge in [0, 0.05) is 146 Å². The predicted molar refractivity (Wildman–Crippen MR) is 459 cm³/mol. The molecular weight excluding hydrogens is 2180 g/mol. The maximum absolute atomic E-state index is 13.5. The van der Waals surface area contributed by atoms with Crippen LogP contribution >= 0.6 is 0 Å². The monoisotopic (exact) mass is 2270 g/mol. The Bertz CT molecular complexity index is 5490. The van der Waals surface area contributed by atoms with Gasteiger partial charge in [-0.2, -0.15) is 0 Å². The number of ketones is 2. The Balaban J connectivity index is 0.000000244. The molecule has 0 saturated carbocycles. The van der Waals surface area contributed by atoms with E-state index in [0.29, 0.717) is 11.1 Å². The standard InChI is InChI=1S/C18H15FN.2C18H14N.C16H11FN.2C11H8N.2C5H8O2.4Ir/c1-11-6-12(2)8-15(7-11)17-5-4-14-10-16(19)13(3)9-18(14)20-17;2*1-14-12-18(16-10-6-3-7-11-16)19-13-17(14)15-8-4-2-5-9-15;1-11-10-13(6-7-15(11)17)16-14-5-3-2-4-12(14)8-9-18-16;2*1-2-6-10(7-3-1)11-8-4-5-9-12-11;2*1-4(6)3-5(2)7;;;;/h4-7,9-10H,1-3H3;2*2-10,12-13H,1H3;2-5,7-10H,1H3;2*1-6,8-9H;2*3,6H,1-2H3;;;;/q6*-1;;;;;;. The van der Waals surface area contributed by atoms with Crippen molar-refractivity contribution in [3.8, 4) is 89.8 Å². The third-order valence-electron chi connectivity index (χ3n) is 16.9. The fourth-order valence-electron chi connectivity index (χ4n) is 11.6. The summed E-state index contributed by atoms with van der Waals surface area (Å²) in [5.74, 6) is -0.552. The molecule has 0 aliphatic carbocycles. The zero-order chi connectivity index (χ0) is 81.1. The van der Waals surface area contributed by atoms with Crippen molar-refractivity contribution in [2.75, 3.05) is 0 Å². The number of aliphatic hydroxyl groups excluding tert-OH is 2. The second-order valence-corrected chi connectivity index (χ2v) is 26.3. The third-order valence-corrected chi connectivity index (χ3v) is 16.9. The topological polar surface area (TPSA) is 152 Å². The van der Waals surface area contributed by atoms with Crippen LogP contribution in [0.1, 0.15) is 61.1 Å². The van der Waals surface area contributed by atoms with Gasteiger partial charge in [-0.05, 0) is 152 Å². The number of allylic oxidation sites excluding steroid dienone is 4. The minimum absolute atomic E-state index is 0. The molecule has 6 aromatic heterocycles. The first kappa shape index (κ1) is 97.1. The summed E-state index contributed by atoms with van der Waals surface area (Å²) in [7, 11) is 0. The Labute approximate surface area is 746 Å². The molecule has 0 amide bonds. The number of halogens is 2. The molecule has 16 rings (SSSR count). The van der Waals surface area contributed by atoms with Crippen molar-refractivity contribution in [3.63, 3.8) is 0 Å². The molecule has 0 unspecified atom stereocenters. The van der Waals surface area contributed by atoms with Crippen LogP contribution in [0.4, 0.5) is 8.78 Å². The average Bonchev–Trinajstić information content (AvgIpc) is 0.801. The van der Waals surface area contributed by atoms with E-state index in [4.69, 9.17) is 10.2 Å². The number of rotatable bonds is 10. The largest absolute Gasteiger partial charge is 0.512 e. The van der Waals surface area contributed by atoms with Gasteiger partial charge in [-0.3, -0.25) is 19.0 Å². The van der Waals surface area contributed by atoms with Gasteiger partial charge < -0.3 is 35.1 Å². The van der Waals surface area contributed by atoms with E-state index in [1.54, 1.807) is 44.6 Å². The first-order valence-corrected chi connectivity index (χ1v) is 36.8. The van der Waals surface area contributed by atoms with Crippen LogP contribution in [0, 0.1) is 89.6 Å². The fraction of sp³-hybridized carbons (Fsp3) is 0.0980. The molecule has 0 aliphatic rings. The van der Waals surface area contributed by atoms with Crippen LogP contribution in [0.3, 0.4) is 0 Å². The van der Waals surface area contributed by atoms with E-state index >= 15 is 0 Å². The number of hydrogen-bond acceptors (Lipinski definition) is 10. The maximum Gasteiger partial charge on any atom is 0.155 e. The summed E-state index contributed by atoms with van der Waals surface area (Å²) in [6.07, 6.45) is 11.6. The number of carbonyl (C=O) groups is 2. The predicted octanol–water partition coefficient (Wildman–Crippen LogP) is 25.1. The van der Waals surface area contributed by atoms with Crippen LogP contribution < -0.4 is 0 Å². The van der Waals surface area contributed by atoms with Crippen molar-refractivity contribution >= 4 is 33.2 Å². The summed E-state index contributed by atoms with van der Waals surface area (Å²) in [5, 5.41) is 19.7. The van der Waals surface area contributed by atoms with Crippen LogP contribution in [0.5, 0.6) is 0 Å². The molecule has 10 aromatic carbocycles. The molecule has 604 valence electrons. The fourth-order valence-corrected chi connectivity index (χ4v) is 11.6. The molecule has 0 fully saturated rings. The molecule has 0 aliphatic heterocycles. The maximum atomic E-state index is 13.5. The van der Waals surface area contributed by atoms with E-state index < -0.39 is 0 Å². The van der Waals surface area contributed by atoms with Crippen molar-refractivity contribution in [2.45, 2.75) is 69.2 Å². The summed E-state index contributed by atoms with van der Waals surface area (Å²) in [6, 6.07) is 112. The van der Waals surface area contributed by atoms with Gasteiger partial charge in [0.15, 0.2) is 11.6 Å². The van der Waals surface area contributed by atoms with E-state index in [0.717, 1.165) is 94.8 Å². The Morgan fingerprint density at radius 1 is 0.356 bits per heavy atom. The number of aliphatic hydroxyl groups is 2. The van der Waals surface area contributed by atoms with Crippen molar-refractivity contribution in [1.29, 1.82) is 0 Å². The summed E-state index contributed by atoms with van der Waals surface area (Å²) in [6.45, 7) is 17.5. The zero-order valence-electron chi connectivity index (χ0n) is 66.7. The Kier molecular flexibility index (Phi) is 41.8. The number of nitrogens with zero attached hydrogens (tertiary/aromatic N) is 6. The van der Waals surface area contributed by atoms with Crippen LogP contribution in [0.15, 0.2) is 340 Å². The van der Waals surface area contributed by atoms with Gasteiger partial charge in [0.25, 0.3) is 0 Å². The van der Waals surface area contributed by atoms with Crippen molar-refractivity contribution in [2.24, 2.45) is 0 Å². The van der Waals surface area contributed by atoms with Gasteiger partial charge in [-0.1, -0.05) is 160 Å². The Hall–Kier alpha value is -11.5. The normalized spacial score (nSPS) is 10.2. The van der Waals surface area contributed by atoms with Gasteiger partial charge in [-0.25, -0.2) is 4.39 Å². The van der Waals surface area contributed by atoms with E-state index in [1.807, 2.05) is 232 Å². The molecule has 6 heterocycles. The van der Waals surface area contributed by atoms with Crippen LogP contribution in [-0.2, 0) is 90.0 Å². The molecule has 16 heteroatoms. The van der Waals surface area contributed by atoms with Gasteiger partial charge in [0.1, 0.15) is 5.82 Å². The van der Waals surface area contributed by atoms with Gasteiger partial charge in [0.2, 0.25) is 0 Å². The average molecular weight is 2270 g/mol. The van der Waals surface area contributed by atoms with E-state index in [2.05, 4.69) is 136 Å². The Morgan fingerprint density at radius 3 is 1.20 bits per heavy atom. The molecule has 2 N–H and O–H groups in total. The van der Waals surface area contributed by atoms with Crippen LogP contribution in [0.25, 0.3) is 111 Å².